The summed E-state index contributed by atoms with van der Waals surface area (Å²) in [4.78, 5) is 3.46. The number of hydrogen-bond donors (Lipinski definition) is 0. The maximum absolute atomic E-state index is 7.07. The number of rotatable bonds is 1. The molecule has 7 aromatic carbocycles. The maximum atomic E-state index is 7.07. The average molecular weight is 2320 g/mol. The summed E-state index contributed by atoms with van der Waals surface area (Å²) in [7, 11) is 0. The van der Waals surface area contributed by atoms with E-state index in [1.165, 1.54) is 27.6 Å². The van der Waals surface area contributed by atoms with E-state index in [1.54, 1.807) is 43.8 Å². The van der Waals surface area contributed by atoms with Crippen molar-refractivity contribution in [3.63, 3.8) is 0 Å². The molecule has 0 saturated heterocycles. The van der Waals surface area contributed by atoms with Crippen molar-refractivity contribution >= 4 is 104 Å². The molecule has 0 aliphatic rings. The van der Waals surface area contributed by atoms with Crippen molar-refractivity contribution in [2.24, 2.45) is 0 Å². The van der Waals surface area contributed by atoms with E-state index in [0.29, 0.717) is 5.69 Å². The number of aromatic nitrogens is 18. The van der Waals surface area contributed by atoms with E-state index in [0.717, 1.165) is 105 Å². The molecular formula is C71H47Ir6N19-6. The largest absolute Gasteiger partial charge is 0.330 e. The normalized spacial score (nSPS) is 10.4. The smallest absolute Gasteiger partial charge is 0.125 e. The van der Waals surface area contributed by atoms with Crippen molar-refractivity contribution in [3.8, 4) is 11.1 Å². The molecule has 19 aromatic rings. The van der Waals surface area contributed by atoms with Gasteiger partial charge in [0.1, 0.15) is 43.1 Å². The molecule has 486 valence electrons. The molecular weight excluding hydrogens is 2270 g/mol. The Labute approximate surface area is 629 Å². The third-order valence-corrected chi connectivity index (χ3v) is 15.1. The van der Waals surface area contributed by atoms with E-state index in [-0.39, 0.29) is 121 Å². The summed E-state index contributed by atoms with van der Waals surface area (Å²) in [5.41, 5.74) is 11.6. The fourth-order valence-corrected chi connectivity index (χ4v) is 10.9. The van der Waals surface area contributed by atoms with Gasteiger partial charge in [-0.25, -0.2) is 0 Å². The molecule has 0 saturated carbocycles. The molecule has 25 heteroatoms. The second-order valence-corrected chi connectivity index (χ2v) is 20.9. The van der Waals surface area contributed by atoms with Gasteiger partial charge < -0.3 is 26.4 Å². The van der Waals surface area contributed by atoms with Gasteiger partial charge in [-0.1, -0.05) is 116 Å². The fraction of sp³-hybridized carbons (Fsp3) is 0.0563. The Hall–Kier alpha value is -8.79. The van der Waals surface area contributed by atoms with Gasteiger partial charge in [0, 0.05) is 126 Å². The molecule has 0 unspecified atom stereocenters. The molecule has 96 heavy (non-hydrogen) atoms. The number of nitrogens with zero attached hydrogens (tertiary/aromatic N) is 19. The van der Waals surface area contributed by atoms with E-state index in [4.69, 9.17) is 6.57 Å². The van der Waals surface area contributed by atoms with Crippen LogP contribution in [0.5, 0.6) is 0 Å². The zero-order valence-corrected chi connectivity index (χ0v) is 65.1. The average Bonchev–Trinajstić information content (AvgIpc) is 1.49. The van der Waals surface area contributed by atoms with Crippen LogP contribution in [-0.4, -0.2) is 87.6 Å². The van der Waals surface area contributed by atoms with Gasteiger partial charge in [0.05, 0.1) is 40.5 Å². The van der Waals surface area contributed by atoms with E-state index < -0.39 is 0 Å². The third-order valence-electron chi connectivity index (χ3n) is 15.1. The number of hydrogen-bond acceptors (Lipinski definition) is 12. The van der Waals surface area contributed by atoms with Gasteiger partial charge in [-0.3, -0.25) is 4.85 Å². The molecule has 0 aliphatic carbocycles. The van der Waals surface area contributed by atoms with Crippen LogP contribution in [0.4, 0.5) is 5.69 Å². The summed E-state index contributed by atoms with van der Waals surface area (Å²) in [6, 6.07) is 69.1. The van der Waals surface area contributed by atoms with Crippen molar-refractivity contribution in [1.82, 2.24) is 87.6 Å². The van der Waals surface area contributed by atoms with Crippen LogP contribution in [-0.2, 0) is 121 Å². The maximum Gasteiger partial charge on any atom is 0.125 e. The fourth-order valence-electron chi connectivity index (χ4n) is 10.9. The van der Waals surface area contributed by atoms with Crippen LogP contribution in [0, 0.1) is 70.7 Å². The van der Waals surface area contributed by atoms with Crippen LogP contribution >= 0.6 is 0 Å². The SMILES string of the molecule is Cc1c[c-]c2c(ccn3cnnc23)c1.Cc1cc2ccc[c-]c2c2nnc(C)n12.Cc1cn2cnnc2c2[c-]cccc12.[C-]#[N+]c1cc[c-]c2c1ccn1cnnc21.[Ir].[Ir].[Ir].[Ir].[Ir].[Ir].[c-]1ccc(-c2ccccc2)c2ccn3cnnc3c12.[c-]1cccc2ccn3cnnc3c12. The molecule has 0 bridgehead atoms. The van der Waals surface area contributed by atoms with Crippen LogP contribution < -0.4 is 0 Å². The van der Waals surface area contributed by atoms with E-state index in [9.17, 15) is 0 Å². The van der Waals surface area contributed by atoms with Gasteiger partial charge in [0.2, 0.25) is 0 Å². The van der Waals surface area contributed by atoms with Gasteiger partial charge in [0.25, 0.3) is 0 Å². The minimum Gasteiger partial charge on any atom is -0.330 e. The van der Waals surface area contributed by atoms with Crippen LogP contribution in [0.3, 0.4) is 0 Å². The number of benzene rings is 7. The Morgan fingerprint density at radius 2 is 0.833 bits per heavy atom. The molecule has 12 aromatic heterocycles. The van der Waals surface area contributed by atoms with Gasteiger partial charge in [-0.2, -0.15) is 36.7 Å². The Morgan fingerprint density at radius 3 is 1.45 bits per heavy atom. The van der Waals surface area contributed by atoms with E-state index in [1.807, 2.05) is 145 Å². The van der Waals surface area contributed by atoms with Crippen LogP contribution in [0.25, 0.3) is 114 Å². The number of aryl methyl sites for hydroxylation is 4. The molecule has 0 aliphatic heterocycles. The van der Waals surface area contributed by atoms with E-state index in [2.05, 4.69) is 182 Å². The molecule has 19 nitrogen and oxygen atoms in total. The second kappa shape index (κ2) is 32.8. The van der Waals surface area contributed by atoms with Crippen LogP contribution in [0.15, 0.2) is 214 Å². The molecule has 19 rings (SSSR count). The molecule has 0 N–H and O–H groups in total. The monoisotopic (exact) mass is 2320 g/mol. The Morgan fingerprint density at radius 1 is 0.375 bits per heavy atom. The Bertz CT molecular complexity index is 5880. The second-order valence-electron chi connectivity index (χ2n) is 20.9. The minimum atomic E-state index is 0. The van der Waals surface area contributed by atoms with Crippen molar-refractivity contribution in [2.75, 3.05) is 0 Å². The Kier molecular flexibility index (Phi) is 24.9. The first kappa shape index (κ1) is 73.0. The standard InChI is InChI=1S/C16H10N3.C12H10N3.C11H5N4.2C11H8N3.C10H6N3.6Ir/c1-2-5-12(6-3-1)13-7-4-8-15-14(13)9-10-19-11-17-18-16(15)19;1-8-7-10-5-3-4-6-11(10)12-14-13-9(2)15(8)12;1-12-10-4-2-3-9-8(10)5-6-15-7-13-14-11(9)15;1-8-2-3-10-9(6-8)4-5-14-7-12-13-11(10)14;1-8-6-14-7-12-13-11(14)10-5-3-2-4-9(8)10;1-2-4-9-8(3-1)5-6-13-7-11-12-10(9)13;;;;;;/h1-7,9-11H;3-5,7H,1-2H3;2,4-7H;2,4-7H,1H3;2-4,6-7H,1H3;1-3,5-7H;;;;;;/q6*-1;;;;;;. The first-order valence-electron chi connectivity index (χ1n) is 28.3. The summed E-state index contributed by atoms with van der Waals surface area (Å²) in [6.07, 6.45) is 18.2. The number of pyridine rings is 6. The predicted molar refractivity (Wildman–Crippen MR) is 347 cm³/mol. The molecule has 0 spiro atoms. The first-order chi connectivity index (χ1) is 44.3. The summed E-state index contributed by atoms with van der Waals surface area (Å²) in [6.45, 7) is 15.2. The predicted octanol–water partition coefficient (Wildman–Crippen LogP) is 13.5. The molecule has 0 fully saturated rings. The summed E-state index contributed by atoms with van der Waals surface area (Å²) >= 11 is 0. The summed E-state index contributed by atoms with van der Waals surface area (Å²) in [5.74, 6) is 0.918. The summed E-state index contributed by atoms with van der Waals surface area (Å²) in [5, 5.41) is 60.6. The third kappa shape index (κ3) is 14.8. The van der Waals surface area contributed by atoms with Gasteiger partial charge >= 0.3 is 0 Å². The van der Waals surface area contributed by atoms with Crippen molar-refractivity contribution in [1.29, 1.82) is 0 Å². The molecule has 0 atom stereocenters. The zero-order valence-electron chi connectivity index (χ0n) is 50.7. The first-order valence-corrected chi connectivity index (χ1v) is 28.3. The Balaban J connectivity index is 0.000000146. The van der Waals surface area contributed by atoms with Crippen molar-refractivity contribution < 1.29 is 121 Å². The zero-order chi connectivity index (χ0) is 61.1. The van der Waals surface area contributed by atoms with Gasteiger partial charge in [-0.15, -0.1) is 184 Å². The van der Waals surface area contributed by atoms with Gasteiger partial charge in [0.15, 0.2) is 0 Å². The van der Waals surface area contributed by atoms with E-state index >= 15 is 0 Å². The number of fused-ring (bicyclic) bond motifs is 18. The topological polar surface area (TPSA) is 186 Å². The summed E-state index contributed by atoms with van der Waals surface area (Å²) < 4.78 is 11.5. The van der Waals surface area contributed by atoms with Crippen LogP contribution in [0.2, 0.25) is 0 Å². The molecule has 6 radical (unpaired) electrons. The van der Waals surface area contributed by atoms with Crippen molar-refractivity contribution in [3.05, 3.63) is 285 Å². The molecule has 12 heterocycles. The minimum absolute atomic E-state index is 0. The van der Waals surface area contributed by atoms with Crippen LogP contribution in [0.1, 0.15) is 22.6 Å². The van der Waals surface area contributed by atoms with Crippen molar-refractivity contribution in [2.45, 2.75) is 27.7 Å². The molecule has 0 amide bonds. The van der Waals surface area contributed by atoms with Gasteiger partial charge in [-0.05, 0) is 57.3 Å². The quantitative estimate of drug-likeness (QED) is 0.142.